The predicted molar refractivity (Wildman–Crippen MR) is 144 cm³/mol. The number of hydrogen-bond donors (Lipinski definition) is 0. The van der Waals surface area contributed by atoms with Gasteiger partial charge in [-0.3, -0.25) is 9.80 Å². The highest BCUT2D eigenvalue weighted by Gasteiger charge is 2.55. The Balaban J connectivity index is 1.71. The van der Waals surface area contributed by atoms with Crippen LogP contribution in [0, 0.1) is 35.0 Å². The van der Waals surface area contributed by atoms with Gasteiger partial charge in [0.2, 0.25) is 0 Å². The molecule has 4 rings (SSSR count). The van der Waals surface area contributed by atoms with E-state index < -0.39 is 0 Å². The molecule has 3 heteroatoms. The summed E-state index contributed by atoms with van der Waals surface area (Å²) in [6, 6.07) is 0.882. The maximum absolute atomic E-state index is 6.07. The van der Waals surface area contributed by atoms with E-state index >= 15 is 0 Å². The van der Waals surface area contributed by atoms with Gasteiger partial charge in [0.05, 0.1) is 18.5 Å². The van der Waals surface area contributed by atoms with Crippen LogP contribution in [0.2, 0.25) is 0 Å². The van der Waals surface area contributed by atoms with Crippen molar-refractivity contribution in [3.63, 3.8) is 0 Å². The maximum Gasteiger partial charge on any atom is 0.108 e. The molecule has 0 bridgehead atoms. The quantitative estimate of drug-likeness (QED) is 0.275. The van der Waals surface area contributed by atoms with Crippen molar-refractivity contribution in [1.29, 1.82) is 0 Å². The summed E-state index contributed by atoms with van der Waals surface area (Å²) >= 11 is 0. The molecule has 2 heterocycles. The van der Waals surface area contributed by atoms with Crippen molar-refractivity contribution >= 4 is 0 Å². The van der Waals surface area contributed by atoms with E-state index in [1.165, 1.54) is 6.42 Å². The van der Waals surface area contributed by atoms with Crippen LogP contribution in [0.3, 0.4) is 0 Å². The van der Waals surface area contributed by atoms with Crippen LogP contribution >= 0.6 is 0 Å². The minimum Gasteiger partial charge on any atom is -0.496 e. The topological polar surface area (TPSA) is 15.7 Å². The van der Waals surface area contributed by atoms with E-state index in [1.807, 2.05) is 0 Å². The first-order valence-electron chi connectivity index (χ1n) is 13.5. The van der Waals surface area contributed by atoms with E-state index in [9.17, 15) is 0 Å². The second-order valence-electron chi connectivity index (χ2n) is 12.5. The van der Waals surface area contributed by atoms with Crippen molar-refractivity contribution in [2.24, 2.45) is 35.0 Å². The molecule has 0 aromatic rings. The first-order chi connectivity index (χ1) is 16.0. The monoisotopic (exact) mass is 464 g/mol. The van der Waals surface area contributed by atoms with Crippen LogP contribution < -0.4 is 0 Å². The third-order valence-corrected chi connectivity index (χ3v) is 9.89. The van der Waals surface area contributed by atoms with Gasteiger partial charge in [-0.15, -0.1) is 0 Å². The fourth-order valence-electron chi connectivity index (χ4n) is 6.86. The Bertz CT molecular complexity index is 874. The van der Waals surface area contributed by atoms with Crippen LogP contribution in [0.5, 0.6) is 0 Å². The van der Waals surface area contributed by atoms with Crippen LogP contribution in [-0.2, 0) is 4.74 Å². The molecule has 0 amide bonds. The largest absolute Gasteiger partial charge is 0.496 e. The molecule has 4 aliphatic rings. The van der Waals surface area contributed by atoms with Gasteiger partial charge in [0.15, 0.2) is 0 Å². The minimum absolute atomic E-state index is 0.169. The Morgan fingerprint density at radius 3 is 2.50 bits per heavy atom. The Labute approximate surface area is 209 Å². The van der Waals surface area contributed by atoms with E-state index in [2.05, 4.69) is 114 Å². The van der Waals surface area contributed by atoms with E-state index in [4.69, 9.17) is 4.74 Å². The van der Waals surface area contributed by atoms with Crippen molar-refractivity contribution in [2.75, 3.05) is 13.6 Å². The molecule has 0 saturated carbocycles. The molecule has 0 spiro atoms. The van der Waals surface area contributed by atoms with Crippen molar-refractivity contribution in [1.82, 2.24) is 9.80 Å². The molecule has 7 atom stereocenters. The molecule has 34 heavy (non-hydrogen) atoms. The first kappa shape index (κ1) is 25.5. The number of allylic oxidation sites excluding steroid dienone is 6. The van der Waals surface area contributed by atoms with Crippen LogP contribution in [-0.4, -0.2) is 47.2 Å². The second kappa shape index (κ2) is 9.47. The zero-order chi connectivity index (χ0) is 24.8. The van der Waals surface area contributed by atoms with Gasteiger partial charge in [0.25, 0.3) is 0 Å². The lowest BCUT2D eigenvalue weighted by atomic mass is 9.65. The molecule has 0 aromatic carbocycles. The predicted octanol–water partition coefficient (Wildman–Crippen LogP) is 6.82. The molecule has 0 N–H and O–H groups in total. The standard InChI is InChI=1S/C31H48N2O/c1-10-34-30(6,7)23(5)29-32(9)27-15-11-14-26-22(4)19-25(20-33(29)28(26)27)31(8,21(2)3)18-12-13-24-16-17-24/h10-12,14-18,21-25,27-29H,1,13,19-20H2,2-9H3/b18-12-/t22?,23?,25-,27?,28?,29?,31?/m1/s1. The second-order valence-corrected chi connectivity index (χ2v) is 12.5. The summed E-state index contributed by atoms with van der Waals surface area (Å²) < 4.78 is 6.07. The van der Waals surface area contributed by atoms with Crippen LogP contribution in [0.25, 0.3) is 0 Å². The van der Waals surface area contributed by atoms with Crippen LogP contribution in [0.1, 0.15) is 61.3 Å². The third kappa shape index (κ3) is 4.51. The first-order valence-corrected chi connectivity index (χ1v) is 13.5. The smallest absolute Gasteiger partial charge is 0.108 e. The highest BCUT2D eigenvalue weighted by atomic mass is 16.5. The summed E-state index contributed by atoms with van der Waals surface area (Å²) in [6.45, 7) is 21.6. The van der Waals surface area contributed by atoms with Gasteiger partial charge in [-0.2, -0.15) is 0 Å². The molecule has 2 aliphatic heterocycles. The van der Waals surface area contributed by atoms with Crippen LogP contribution in [0.15, 0.2) is 60.9 Å². The molecular weight excluding hydrogens is 416 g/mol. The molecular formula is C31H48N2O. The molecule has 0 aromatic heterocycles. The van der Waals surface area contributed by atoms with Crippen molar-refractivity contribution in [3.8, 4) is 0 Å². The molecule has 3 nitrogen and oxygen atoms in total. The average Bonchev–Trinajstić information content (AvgIpc) is 3.57. The number of ether oxygens (including phenoxy) is 1. The van der Waals surface area contributed by atoms with E-state index in [1.54, 1.807) is 11.8 Å². The Hall–Kier alpha value is -1.58. The fourth-order valence-corrected chi connectivity index (χ4v) is 6.86. The van der Waals surface area contributed by atoms with Gasteiger partial charge >= 0.3 is 0 Å². The van der Waals surface area contributed by atoms with E-state index in [0.717, 1.165) is 13.0 Å². The summed E-state index contributed by atoms with van der Waals surface area (Å²) in [5.74, 6) is 2.80. The summed E-state index contributed by atoms with van der Waals surface area (Å²) in [4.78, 5) is 5.47. The average molecular weight is 465 g/mol. The lowest BCUT2D eigenvalue weighted by Crippen LogP contribution is -2.53. The maximum atomic E-state index is 6.07. The van der Waals surface area contributed by atoms with Gasteiger partial charge in [0.1, 0.15) is 5.60 Å². The number of likely N-dealkylation sites (N-methyl/N-ethyl adjacent to an activating group) is 1. The molecule has 0 radical (unpaired) electrons. The minimum atomic E-state index is -0.284. The summed E-state index contributed by atoms with van der Waals surface area (Å²) in [7, 11) is 2.32. The van der Waals surface area contributed by atoms with E-state index in [-0.39, 0.29) is 11.0 Å². The number of rotatable bonds is 9. The van der Waals surface area contributed by atoms with Gasteiger partial charge in [-0.25, -0.2) is 0 Å². The van der Waals surface area contributed by atoms with Crippen molar-refractivity contribution in [2.45, 2.75) is 85.2 Å². The highest BCUT2D eigenvalue weighted by Crippen LogP contribution is 2.50. The van der Waals surface area contributed by atoms with E-state index in [0.29, 0.717) is 47.8 Å². The molecule has 2 saturated heterocycles. The normalized spacial score (nSPS) is 34.6. The fraction of sp³-hybridized carbons (Fsp3) is 0.677. The molecule has 6 unspecified atom stereocenters. The summed E-state index contributed by atoms with van der Waals surface area (Å²) in [6.07, 6.45) is 21.2. The molecule has 2 aliphatic carbocycles. The van der Waals surface area contributed by atoms with Gasteiger partial charge < -0.3 is 4.74 Å². The Morgan fingerprint density at radius 2 is 1.88 bits per heavy atom. The molecule has 188 valence electrons. The highest BCUT2D eigenvalue weighted by molar-refractivity contribution is 5.34. The third-order valence-electron chi connectivity index (χ3n) is 9.89. The lowest BCUT2D eigenvalue weighted by Gasteiger charge is -2.45. The Morgan fingerprint density at radius 1 is 1.18 bits per heavy atom. The van der Waals surface area contributed by atoms with Gasteiger partial charge in [-0.1, -0.05) is 83.7 Å². The molecule has 2 fully saturated rings. The number of hydrogen-bond acceptors (Lipinski definition) is 3. The SMILES string of the molecule is C=COC(C)(C)C(C)C1N(C)C2C=CC=C3C(C)C[C@@H](C(C)(/C=C\CC4C=C4)C(C)C)CN1C32. The summed E-state index contributed by atoms with van der Waals surface area (Å²) in [5.41, 5.74) is 1.51. The van der Waals surface area contributed by atoms with Gasteiger partial charge in [-0.05, 0) is 68.4 Å². The number of nitrogens with zero attached hydrogens (tertiary/aromatic N) is 2. The van der Waals surface area contributed by atoms with Crippen molar-refractivity contribution in [3.05, 3.63) is 60.9 Å². The van der Waals surface area contributed by atoms with Gasteiger partial charge in [0, 0.05) is 18.5 Å². The van der Waals surface area contributed by atoms with Crippen molar-refractivity contribution < 1.29 is 4.74 Å². The lowest BCUT2D eigenvalue weighted by molar-refractivity contribution is -0.0583. The summed E-state index contributed by atoms with van der Waals surface area (Å²) in [5, 5.41) is 0. The zero-order valence-electron chi connectivity index (χ0n) is 22.9. The zero-order valence-corrected chi connectivity index (χ0v) is 22.9. The Kier molecular flexibility index (Phi) is 7.10. The van der Waals surface area contributed by atoms with Crippen LogP contribution in [0.4, 0.5) is 0 Å².